The van der Waals surface area contributed by atoms with Crippen molar-refractivity contribution >= 4 is 11.3 Å². The highest BCUT2D eigenvalue weighted by Gasteiger charge is 2.06. The lowest BCUT2D eigenvalue weighted by Crippen LogP contribution is -2.21. The second kappa shape index (κ2) is 4.99. The van der Waals surface area contributed by atoms with E-state index in [4.69, 9.17) is 0 Å². The third-order valence-electron chi connectivity index (χ3n) is 2.10. The Morgan fingerprint density at radius 1 is 1.53 bits per heavy atom. The molecule has 0 aliphatic heterocycles. The first-order valence-electron chi connectivity index (χ1n) is 4.73. The zero-order chi connectivity index (χ0) is 10.5. The smallest absolute Gasteiger partial charge is 0.213 e. The Morgan fingerprint density at radius 2 is 2.47 bits per heavy atom. The summed E-state index contributed by atoms with van der Waals surface area (Å²) in [4.78, 5) is 8.18. The zero-order valence-corrected chi connectivity index (χ0v) is 9.20. The number of aromatic nitrogens is 3. The molecule has 0 saturated heterocycles. The fraction of sp³-hybridized carbons (Fsp3) is 0.444. The van der Waals surface area contributed by atoms with Crippen molar-refractivity contribution < 1.29 is 4.52 Å². The van der Waals surface area contributed by atoms with Crippen LogP contribution in [0.4, 0.5) is 0 Å². The Hall–Kier alpha value is -1.27. The molecule has 0 amide bonds. The maximum Gasteiger partial charge on any atom is 0.213 e. The number of nitrogens with one attached hydrogen (secondary N) is 1. The third kappa shape index (κ3) is 2.84. The van der Waals surface area contributed by atoms with Crippen molar-refractivity contribution in [1.82, 2.24) is 20.4 Å². The maximum atomic E-state index is 4.64. The van der Waals surface area contributed by atoms with Gasteiger partial charge in [0.15, 0.2) is 5.82 Å². The summed E-state index contributed by atoms with van der Waals surface area (Å²) in [6.45, 7) is 2.91. The normalized spacial score (nSPS) is 12.9. The molecule has 15 heavy (non-hydrogen) atoms. The lowest BCUT2D eigenvalue weighted by molar-refractivity contribution is 0.408. The van der Waals surface area contributed by atoms with Crippen LogP contribution in [0.3, 0.4) is 0 Å². The summed E-state index contributed by atoms with van der Waals surface area (Å²) in [6, 6.07) is 0.267. The zero-order valence-electron chi connectivity index (χ0n) is 8.38. The summed E-state index contributed by atoms with van der Waals surface area (Å²) in [7, 11) is 0. The lowest BCUT2D eigenvalue weighted by atomic mass is 10.2. The molecule has 2 aromatic heterocycles. The minimum absolute atomic E-state index is 0.267. The van der Waals surface area contributed by atoms with Crippen LogP contribution >= 0.6 is 11.3 Å². The van der Waals surface area contributed by atoms with Crippen molar-refractivity contribution in [3.63, 3.8) is 0 Å². The topological polar surface area (TPSA) is 63.8 Å². The molecule has 1 N–H and O–H groups in total. The van der Waals surface area contributed by atoms with Gasteiger partial charge in [0.2, 0.25) is 6.39 Å². The van der Waals surface area contributed by atoms with E-state index in [9.17, 15) is 0 Å². The van der Waals surface area contributed by atoms with Crippen molar-refractivity contribution in [1.29, 1.82) is 0 Å². The molecule has 2 aromatic rings. The van der Waals surface area contributed by atoms with Gasteiger partial charge in [-0.25, -0.2) is 4.98 Å². The molecule has 0 spiro atoms. The van der Waals surface area contributed by atoms with Crippen molar-refractivity contribution in [3.05, 3.63) is 28.8 Å². The second-order valence-electron chi connectivity index (χ2n) is 3.19. The molecule has 0 saturated carbocycles. The standard InChI is InChI=1S/C9H12N4OS/c1-7(8-4-15-6-12-8)10-3-2-9-11-5-14-13-9/h4-7,10H,2-3H2,1H3. The molecule has 2 heterocycles. The van der Waals surface area contributed by atoms with E-state index in [1.54, 1.807) is 11.3 Å². The molecule has 2 rings (SSSR count). The van der Waals surface area contributed by atoms with Gasteiger partial charge in [0.05, 0.1) is 11.2 Å². The minimum Gasteiger partial charge on any atom is -0.343 e. The molecule has 5 nitrogen and oxygen atoms in total. The minimum atomic E-state index is 0.267. The third-order valence-corrected chi connectivity index (χ3v) is 2.71. The summed E-state index contributed by atoms with van der Waals surface area (Å²) >= 11 is 1.61. The van der Waals surface area contributed by atoms with Gasteiger partial charge >= 0.3 is 0 Å². The fourth-order valence-electron chi connectivity index (χ4n) is 1.24. The van der Waals surface area contributed by atoms with Crippen molar-refractivity contribution in [2.45, 2.75) is 19.4 Å². The highest BCUT2D eigenvalue weighted by atomic mass is 32.1. The van der Waals surface area contributed by atoms with E-state index in [2.05, 4.69) is 31.9 Å². The van der Waals surface area contributed by atoms with Gasteiger partial charge in [-0.3, -0.25) is 0 Å². The van der Waals surface area contributed by atoms with Gasteiger partial charge in [0.1, 0.15) is 0 Å². The highest BCUT2D eigenvalue weighted by molar-refractivity contribution is 7.07. The van der Waals surface area contributed by atoms with E-state index >= 15 is 0 Å². The van der Waals surface area contributed by atoms with E-state index in [-0.39, 0.29) is 6.04 Å². The van der Waals surface area contributed by atoms with E-state index in [1.165, 1.54) is 6.39 Å². The molecule has 0 aromatic carbocycles. The monoisotopic (exact) mass is 224 g/mol. The van der Waals surface area contributed by atoms with Crippen molar-refractivity contribution in [2.24, 2.45) is 0 Å². The molecule has 0 bridgehead atoms. The van der Waals surface area contributed by atoms with Gasteiger partial charge in [-0.1, -0.05) is 5.16 Å². The first kappa shape index (κ1) is 10.3. The lowest BCUT2D eigenvalue weighted by Gasteiger charge is -2.09. The first-order valence-corrected chi connectivity index (χ1v) is 5.67. The van der Waals surface area contributed by atoms with Crippen LogP contribution in [0.25, 0.3) is 0 Å². The Balaban J connectivity index is 1.74. The molecular formula is C9H12N4OS. The van der Waals surface area contributed by atoms with E-state index in [0.29, 0.717) is 0 Å². The number of nitrogens with zero attached hydrogens (tertiary/aromatic N) is 3. The summed E-state index contributed by atoms with van der Waals surface area (Å²) in [5.74, 6) is 0.730. The molecule has 0 radical (unpaired) electrons. The van der Waals surface area contributed by atoms with Crippen LogP contribution in [0.2, 0.25) is 0 Å². The molecular weight excluding hydrogens is 212 g/mol. The largest absolute Gasteiger partial charge is 0.343 e. The summed E-state index contributed by atoms with van der Waals surface area (Å²) in [5.41, 5.74) is 2.92. The Morgan fingerprint density at radius 3 is 3.13 bits per heavy atom. The average molecular weight is 224 g/mol. The van der Waals surface area contributed by atoms with Gasteiger partial charge < -0.3 is 9.84 Å². The van der Waals surface area contributed by atoms with Crippen LogP contribution in [0.15, 0.2) is 21.8 Å². The molecule has 0 aliphatic rings. The Labute approximate surface area is 91.5 Å². The summed E-state index contributed by atoms with van der Waals surface area (Å²) < 4.78 is 4.64. The van der Waals surface area contributed by atoms with Gasteiger partial charge in [-0.05, 0) is 6.92 Å². The first-order chi connectivity index (χ1) is 7.36. The summed E-state index contributed by atoms with van der Waals surface area (Å²) in [5, 5.41) is 9.13. The van der Waals surface area contributed by atoms with E-state index < -0.39 is 0 Å². The molecule has 1 unspecified atom stereocenters. The predicted molar refractivity (Wildman–Crippen MR) is 56.5 cm³/mol. The van der Waals surface area contributed by atoms with E-state index in [0.717, 1.165) is 24.5 Å². The van der Waals surface area contributed by atoms with Gasteiger partial charge in [-0.15, -0.1) is 11.3 Å². The number of rotatable bonds is 5. The molecule has 1 atom stereocenters. The van der Waals surface area contributed by atoms with Crippen LogP contribution in [0.1, 0.15) is 24.5 Å². The quantitative estimate of drug-likeness (QED) is 0.832. The van der Waals surface area contributed by atoms with Crippen molar-refractivity contribution in [2.75, 3.05) is 6.54 Å². The van der Waals surface area contributed by atoms with Crippen LogP contribution < -0.4 is 5.32 Å². The van der Waals surface area contributed by atoms with Gasteiger partial charge in [0.25, 0.3) is 0 Å². The molecule has 0 fully saturated rings. The van der Waals surface area contributed by atoms with Gasteiger partial charge in [-0.2, -0.15) is 4.98 Å². The van der Waals surface area contributed by atoms with Crippen LogP contribution in [-0.4, -0.2) is 21.7 Å². The fourth-order valence-corrected chi connectivity index (χ4v) is 1.89. The second-order valence-corrected chi connectivity index (χ2v) is 3.91. The number of hydrogen-bond donors (Lipinski definition) is 1. The van der Waals surface area contributed by atoms with Crippen LogP contribution in [0.5, 0.6) is 0 Å². The summed E-state index contributed by atoms with van der Waals surface area (Å²) in [6.07, 6.45) is 2.12. The molecule has 0 aliphatic carbocycles. The molecule has 80 valence electrons. The number of hydrogen-bond acceptors (Lipinski definition) is 6. The molecule has 6 heteroatoms. The van der Waals surface area contributed by atoms with Crippen molar-refractivity contribution in [3.8, 4) is 0 Å². The Kier molecular flexibility index (Phi) is 3.41. The SMILES string of the molecule is CC(NCCc1ncon1)c1cscn1. The Bertz CT molecular complexity index is 373. The highest BCUT2D eigenvalue weighted by Crippen LogP contribution is 2.11. The maximum absolute atomic E-state index is 4.64. The van der Waals surface area contributed by atoms with E-state index in [1.807, 2.05) is 10.9 Å². The average Bonchev–Trinajstić information content (AvgIpc) is 2.90. The van der Waals surface area contributed by atoms with Gasteiger partial charge in [0, 0.05) is 24.4 Å². The van der Waals surface area contributed by atoms with Crippen LogP contribution in [-0.2, 0) is 6.42 Å². The number of thiazole rings is 1. The van der Waals surface area contributed by atoms with Crippen LogP contribution in [0, 0.1) is 0 Å². The predicted octanol–water partition coefficient (Wildman–Crippen LogP) is 1.42.